The molecule has 0 amide bonds. The Balaban J connectivity index is 1.32. The van der Waals surface area contributed by atoms with Gasteiger partial charge in [-0.25, -0.2) is 29.7 Å². The number of nitrogens with one attached hydrogen (secondary N) is 1. The van der Waals surface area contributed by atoms with E-state index in [1.807, 2.05) is 6.07 Å². The van der Waals surface area contributed by atoms with Crippen molar-refractivity contribution in [3.63, 3.8) is 0 Å². The van der Waals surface area contributed by atoms with Gasteiger partial charge in [-0.1, -0.05) is 12.0 Å². The van der Waals surface area contributed by atoms with Gasteiger partial charge in [0.05, 0.1) is 24.0 Å². The summed E-state index contributed by atoms with van der Waals surface area (Å²) >= 11 is 0. The maximum absolute atomic E-state index is 13.3. The molecule has 5 aromatic rings. The normalized spacial score (nSPS) is 11.1. The molecule has 4 heterocycles. The molecule has 1 aromatic carbocycles. The van der Waals surface area contributed by atoms with Crippen LogP contribution in [-0.2, 0) is 11.3 Å². The Labute approximate surface area is 223 Å². The summed E-state index contributed by atoms with van der Waals surface area (Å²) in [7, 11) is 0. The van der Waals surface area contributed by atoms with Gasteiger partial charge in [-0.2, -0.15) is 14.2 Å². The smallest absolute Gasteiger partial charge is 0.435 e. The van der Waals surface area contributed by atoms with Crippen LogP contribution in [0.4, 0.5) is 15.1 Å². The number of hydrogen-bond acceptors (Lipinski definition) is 9. The third-order valence-electron chi connectivity index (χ3n) is 5.21. The Morgan fingerprint density at radius 1 is 1.03 bits per heavy atom. The summed E-state index contributed by atoms with van der Waals surface area (Å²) in [6.45, 7) is 5.66. The highest BCUT2D eigenvalue weighted by atomic mass is 19.1. The van der Waals surface area contributed by atoms with E-state index >= 15 is 0 Å². The number of fused-ring (bicyclic) bond motifs is 1. The van der Waals surface area contributed by atoms with E-state index in [4.69, 9.17) is 4.74 Å². The molecule has 5 rings (SSSR count). The summed E-state index contributed by atoms with van der Waals surface area (Å²) in [6, 6.07) is 13.4. The van der Waals surface area contributed by atoms with E-state index in [0.717, 1.165) is 10.9 Å². The molecule has 0 unspecified atom stereocenters. The number of pyridine rings is 1. The Hall–Kier alpha value is -5.24. The fourth-order valence-corrected chi connectivity index (χ4v) is 3.54. The summed E-state index contributed by atoms with van der Waals surface area (Å²) in [6.07, 6.45) is 4.24. The maximum Gasteiger partial charge on any atom is 0.435 e. The van der Waals surface area contributed by atoms with E-state index in [2.05, 4.69) is 47.2 Å². The molecule has 1 N–H and O–H groups in total. The third kappa shape index (κ3) is 6.37. The van der Waals surface area contributed by atoms with E-state index < -0.39 is 17.6 Å². The Kier molecular flexibility index (Phi) is 6.93. The Morgan fingerprint density at radius 2 is 1.87 bits per heavy atom. The fourth-order valence-electron chi connectivity index (χ4n) is 3.54. The van der Waals surface area contributed by atoms with Gasteiger partial charge in [0.2, 0.25) is 11.9 Å². The molecular weight excluding hydrogens is 499 g/mol. The molecule has 10 nitrogen and oxygen atoms in total. The van der Waals surface area contributed by atoms with Crippen LogP contribution in [0.3, 0.4) is 0 Å². The van der Waals surface area contributed by atoms with Crippen molar-refractivity contribution in [3.05, 3.63) is 90.0 Å². The van der Waals surface area contributed by atoms with Gasteiger partial charge < -0.3 is 10.1 Å². The minimum atomic E-state index is -0.624. The van der Waals surface area contributed by atoms with Crippen molar-refractivity contribution in [2.24, 2.45) is 0 Å². The van der Waals surface area contributed by atoms with Gasteiger partial charge in [-0.15, -0.1) is 0 Å². The first kappa shape index (κ1) is 25.4. The predicted molar refractivity (Wildman–Crippen MR) is 142 cm³/mol. The van der Waals surface area contributed by atoms with E-state index in [1.54, 1.807) is 75.8 Å². The van der Waals surface area contributed by atoms with Crippen molar-refractivity contribution >= 4 is 22.9 Å². The quantitative estimate of drug-likeness (QED) is 0.266. The van der Waals surface area contributed by atoms with Crippen LogP contribution < -0.4 is 5.32 Å². The lowest BCUT2D eigenvalue weighted by atomic mass is 10.1. The van der Waals surface area contributed by atoms with Crippen LogP contribution in [0.15, 0.2) is 67.1 Å². The number of halogens is 1. The van der Waals surface area contributed by atoms with Crippen molar-refractivity contribution in [3.8, 4) is 23.4 Å². The van der Waals surface area contributed by atoms with E-state index in [-0.39, 0.29) is 6.54 Å². The zero-order valence-corrected chi connectivity index (χ0v) is 21.4. The summed E-state index contributed by atoms with van der Waals surface area (Å²) in [5.41, 5.74) is 2.25. The first-order valence-corrected chi connectivity index (χ1v) is 12.0. The second-order valence-corrected chi connectivity index (χ2v) is 9.40. The number of carbonyl (C=O) groups excluding carboxylic acids is 1. The standard InChI is InChI=1S/C28H23FN8O2/c1-28(2,3)39-27(38)37-23-10-8-18(15-19(23)16-33-37)7-9-20-11-13-30-25(35-20)22-12-14-31-26(36-22)32-17-21-5-4-6-24(29)34-21/h4-6,8,10-16H,17H2,1-3H3,(H,31,32,36). The molecule has 0 aliphatic carbocycles. The maximum atomic E-state index is 13.3. The average molecular weight is 523 g/mol. The molecule has 0 saturated heterocycles. The number of rotatable bonds is 4. The van der Waals surface area contributed by atoms with Crippen LogP contribution in [0, 0.1) is 17.8 Å². The molecule has 0 spiro atoms. The van der Waals surface area contributed by atoms with Gasteiger partial charge in [0, 0.05) is 23.3 Å². The van der Waals surface area contributed by atoms with Crippen LogP contribution >= 0.6 is 0 Å². The predicted octanol–water partition coefficient (Wildman–Crippen LogP) is 4.61. The number of carbonyl (C=O) groups is 1. The van der Waals surface area contributed by atoms with Crippen LogP contribution in [0.5, 0.6) is 0 Å². The minimum Gasteiger partial charge on any atom is -0.442 e. The van der Waals surface area contributed by atoms with Gasteiger partial charge >= 0.3 is 6.09 Å². The monoisotopic (exact) mass is 522 g/mol. The molecule has 0 fully saturated rings. The first-order valence-electron chi connectivity index (χ1n) is 12.0. The van der Waals surface area contributed by atoms with Gasteiger partial charge in [-0.3, -0.25) is 0 Å². The SMILES string of the molecule is CC(C)(C)OC(=O)n1ncc2cc(C#Cc3ccnc(-c4ccnc(NCc5cccc(F)n5)n4)n3)ccc21. The molecule has 0 atom stereocenters. The highest BCUT2D eigenvalue weighted by Gasteiger charge is 2.20. The molecular formula is C28H23FN8O2. The highest BCUT2D eigenvalue weighted by molar-refractivity contribution is 5.88. The zero-order chi connectivity index (χ0) is 27.4. The number of nitrogens with zero attached hydrogens (tertiary/aromatic N) is 7. The number of hydrogen-bond donors (Lipinski definition) is 1. The number of ether oxygens (including phenoxy) is 1. The van der Waals surface area contributed by atoms with Gasteiger partial charge in [0.25, 0.3) is 0 Å². The lowest BCUT2D eigenvalue weighted by molar-refractivity contribution is 0.0522. The van der Waals surface area contributed by atoms with E-state index in [0.29, 0.717) is 34.4 Å². The molecule has 0 aliphatic rings. The molecule has 0 aliphatic heterocycles. The molecule has 194 valence electrons. The van der Waals surface area contributed by atoms with Crippen molar-refractivity contribution in [1.82, 2.24) is 34.7 Å². The zero-order valence-electron chi connectivity index (χ0n) is 21.4. The van der Waals surface area contributed by atoms with Crippen molar-refractivity contribution in [1.29, 1.82) is 0 Å². The molecule has 39 heavy (non-hydrogen) atoms. The topological polar surface area (TPSA) is 121 Å². The van der Waals surface area contributed by atoms with Crippen molar-refractivity contribution in [2.45, 2.75) is 32.9 Å². The second kappa shape index (κ2) is 10.6. The van der Waals surface area contributed by atoms with Gasteiger partial charge in [-0.05, 0) is 69.2 Å². The molecule has 0 radical (unpaired) electrons. The van der Waals surface area contributed by atoms with E-state index in [9.17, 15) is 9.18 Å². The van der Waals surface area contributed by atoms with Gasteiger partial charge in [0.15, 0.2) is 5.82 Å². The van der Waals surface area contributed by atoms with Crippen LogP contribution in [-0.4, -0.2) is 46.4 Å². The Bertz CT molecular complexity index is 1730. The summed E-state index contributed by atoms with van der Waals surface area (Å²) in [5.74, 6) is 6.29. The highest BCUT2D eigenvalue weighted by Crippen LogP contribution is 2.18. The first-order chi connectivity index (χ1) is 18.7. The fraction of sp³-hybridized carbons (Fsp3) is 0.179. The summed E-state index contributed by atoms with van der Waals surface area (Å²) in [5, 5.41) is 7.94. The summed E-state index contributed by atoms with van der Waals surface area (Å²) in [4.78, 5) is 33.7. The molecule has 4 aromatic heterocycles. The largest absolute Gasteiger partial charge is 0.442 e. The lowest BCUT2D eigenvalue weighted by Gasteiger charge is -2.19. The average Bonchev–Trinajstić information content (AvgIpc) is 3.34. The van der Waals surface area contributed by atoms with Crippen molar-refractivity contribution in [2.75, 3.05) is 5.32 Å². The van der Waals surface area contributed by atoms with Crippen molar-refractivity contribution < 1.29 is 13.9 Å². The molecule has 0 bridgehead atoms. The Morgan fingerprint density at radius 3 is 2.69 bits per heavy atom. The van der Waals surface area contributed by atoms with Gasteiger partial charge in [0.1, 0.15) is 17.0 Å². The van der Waals surface area contributed by atoms with Crippen LogP contribution in [0.1, 0.15) is 37.7 Å². The number of aromatic nitrogens is 7. The minimum absolute atomic E-state index is 0.259. The summed E-state index contributed by atoms with van der Waals surface area (Å²) < 4.78 is 20.0. The lowest BCUT2D eigenvalue weighted by Crippen LogP contribution is -2.27. The number of anilines is 1. The third-order valence-corrected chi connectivity index (χ3v) is 5.21. The molecule has 0 saturated carbocycles. The second-order valence-electron chi connectivity index (χ2n) is 9.40. The number of benzene rings is 1. The van der Waals surface area contributed by atoms with E-state index in [1.165, 1.54) is 10.7 Å². The van der Waals surface area contributed by atoms with Crippen LogP contribution in [0.25, 0.3) is 22.4 Å². The molecule has 11 heteroatoms. The van der Waals surface area contributed by atoms with Crippen LogP contribution in [0.2, 0.25) is 0 Å².